The number of aromatic nitrogens is 1. The summed E-state index contributed by atoms with van der Waals surface area (Å²) in [7, 11) is 0. The zero-order valence-corrected chi connectivity index (χ0v) is 11.5. The van der Waals surface area contributed by atoms with Crippen LogP contribution in [0.5, 0.6) is 0 Å². The molecule has 0 fully saturated rings. The van der Waals surface area contributed by atoms with E-state index < -0.39 is 16.1 Å². The van der Waals surface area contributed by atoms with Gasteiger partial charge in [-0.1, -0.05) is 27.6 Å². The maximum atomic E-state index is 11.6. The summed E-state index contributed by atoms with van der Waals surface area (Å²) >= 11 is 10.3. The van der Waals surface area contributed by atoms with Crippen molar-refractivity contribution >= 4 is 40.8 Å². The molecule has 1 unspecified atom stereocenters. The second kappa shape index (κ2) is 5.36. The van der Waals surface area contributed by atoms with Crippen molar-refractivity contribution in [1.82, 2.24) is 4.98 Å². The van der Waals surface area contributed by atoms with Crippen LogP contribution in [-0.2, 0) is 11.4 Å². The van der Waals surface area contributed by atoms with E-state index in [9.17, 15) is 4.55 Å². The van der Waals surface area contributed by atoms with E-state index >= 15 is 0 Å². The van der Waals surface area contributed by atoms with Crippen LogP contribution < -0.4 is 0 Å². The van der Waals surface area contributed by atoms with Crippen LogP contribution in [0.3, 0.4) is 0 Å². The van der Waals surface area contributed by atoms with Crippen molar-refractivity contribution in [3.8, 4) is 0 Å². The number of rotatable bonds is 2. The molecule has 0 aliphatic heterocycles. The van der Waals surface area contributed by atoms with Gasteiger partial charge in [0.1, 0.15) is 33.2 Å². The molecule has 0 amide bonds. The minimum atomic E-state index is -1.32. The highest BCUT2D eigenvalue weighted by Gasteiger charge is 2.25. The van der Waals surface area contributed by atoms with Gasteiger partial charge in [0.2, 0.25) is 0 Å². The zero-order valence-electron chi connectivity index (χ0n) is 9.20. The fourth-order valence-corrected chi connectivity index (χ4v) is 1.60. The molecule has 1 aromatic rings. The molecule has 1 aromatic heterocycles. The van der Waals surface area contributed by atoms with Crippen LogP contribution in [0.2, 0.25) is 10.2 Å². The number of halogens is 2. The Morgan fingerprint density at radius 3 is 2.56 bits per heavy atom. The molecular formula is C10H12Cl2N2OS. The maximum absolute atomic E-state index is 11.6. The molecule has 16 heavy (non-hydrogen) atoms. The van der Waals surface area contributed by atoms with Crippen molar-refractivity contribution in [3.63, 3.8) is 0 Å². The number of nitrogens with zero attached hydrogens (tertiary/aromatic N) is 2. The third-order valence-electron chi connectivity index (χ3n) is 1.63. The van der Waals surface area contributed by atoms with Gasteiger partial charge in [0.25, 0.3) is 0 Å². The first-order valence-electron chi connectivity index (χ1n) is 4.59. The van der Waals surface area contributed by atoms with Crippen molar-refractivity contribution in [2.45, 2.75) is 25.5 Å². The molecule has 0 aliphatic rings. The lowest BCUT2D eigenvalue weighted by Gasteiger charge is -2.17. The van der Waals surface area contributed by atoms with Crippen LogP contribution in [0.15, 0.2) is 16.5 Å². The molecule has 0 bridgehead atoms. The third-order valence-corrected chi connectivity index (χ3v) is 3.51. The molecule has 0 saturated carbocycles. The zero-order chi connectivity index (χ0) is 12.3. The van der Waals surface area contributed by atoms with E-state index in [0.29, 0.717) is 15.9 Å². The summed E-state index contributed by atoms with van der Waals surface area (Å²) in [6.45, 7) is 5.52. The summed E-state index contributed by atoms with van der Waals surface area (Å²) in [6.07, 6.45) is 1.38. The van der Waals surface area contributed by atoms with Crippen molar-refractivity contribution in [2.75, 3.05) is 0 Å². The smallest absolute Gasteiger partial charge is 0.144 e. The first-order valence-corrected chi connectivity index (χ1v) is 6.45. The minimum absolute atomic E-state index is 0.326. The molecule has 88 valence electrons. The first kappa shape index (κ1) is 13.8. The topological polar surface area (TPSA) is 48.3 Å². The van der Waals surface area contributed by atoms with E-state index in [4.69, 9.17) is 23.2 Å². The summed E-state index contributed by atoms with van der Waals surface area (Å²) in [5.41, 5.74) is 0.423. The van der Waals surface area contributed by atoms with Crippen LogP contribution in [-0.4, -0.2) is 20.5 Å². The van der Waals surface area contributed by atoms with E-state index in [2.05, 4.69) is 9.38 Å². The van der Waals surface area contributed by atoms with E-state index in [1.54, 1.807) is 12.1 Å². The van der Waals surface area contributed by atoms with Gasteiger partial charge >= 0.3 is 0 Å². The molecule has 0 radical (unpaired) electrons. The van der Waals surface area contributed by atoms with Gasteiger partial charge < -0.3 is 4.55 Å². The van der Waals surface area contributed by atoms with Gasteiger partial charge in [-0.3, -0.25) is 0 Å². The van der Waals surface area contributed by atoms with Crippen LogP contribution in [0.25, 0.3) is 0 Å². The standard InChI is InChI=1S/C10H12Cl2N2OS/c1-10(2,3)16(15)13-6-8-7(11)4-5-9(12)14-8/h4-6H,1-3H3. The molecule has 3 nitrogen and oxygen atoms in total. The Balaban J connectivity index is 2.88. The lowest BCUT2D eigenvalue weighted by atomic mass is 10.3. The molecule has 1 atom stereocenters. The van der Waals surface area contributed by atoms with Gasteiger partial charge in [-0.2, -0.15) is 0 Å². The summed E-state index contributed by atoms with van der Waals surface area (Å²) in [6, 6.07) is 3.21. The quantitative estimate of drug-likeness (QED) is 0.474. The van der Waals surface area contributed by atoms with Gasteiger partial charge in [-0.25, -0.2) is 4.98 Å². The predicted octanol–water partition coefficient (Wildman–Crippen LogP) is 3.27. The maximum Gasteiger partial charge on any atom is 0.144 e. The average molecular weight is 279 g/mol. The van der Waals surface area contributed by atoms with E-state index in [1.165, 1.54) is 6.21 Å². The van der Waals surface area contributed by atoms with Gasteiger partial charge in [-0.15, -0.1) is 0 Å². The lowest BCUT2D eigenvalue weighted by Crippen LogP contribution is -2.25. The van der Waals surface area contributed by atoms with Crippen molar-refractivity contribution < 1.29 is 4.55 Å². The Bertz CT molecular complexity index is 404. The summed E-state index contributed by atoms with van der Waals surface area (Å²) in [5, 5.41) is 0.756. The minimum Gasteiger partial charge on any atom is -0.591 e. The Hall–Kier alpha value is -0.290. The molecule has 0 N–H and O–H groups in total. The number of hydrogen-bond acceptors (Lipinski definition) is 3. The summed E-state index contributed by atoms with van der Waals surface area (Å²) in [5.74, 6) is 0. The van der Waals surface area contributed by atoms with Gasteiger partial charge in [0.15, 0.2) is 0 Å². The van der Waals surface area contributed by atoms with Crippen LogP contribution in [0.1, 0.15) is 26.5 Å². The highest BCUT2D eigenvalue weighted by Crippen LogP contribution is 2.19. The Morgan fingerprint density at radius 2 is 2.00 bits per heavy atom. The molecule has 0 saturated heterocycles. The van der Waals surface area contributed by atoms with Gasteiger partial charge in [0.05, 0.1) is 5.02 Å². The van der Waals surface area contributed by atoms with Gasteiger partial charge in [-0.05, 0) is 32.9 Å². The van der Waals surface area contributed by atoms with Crippen LogP contribution in [0, 0.1) is 0 Å². The molecule has 1 heterocycles. The Labute approximate surface area is 108 Å². The monoisotopic (exact) mass is 278 g/mol. The molecule has 6 heteroatoms. The first-order chi connectivity index (χ1) is 7.30. The molecule has 0 spiro atoms. The predicted molar refractivity (Wildman–Crippen MR) is 69.7 cm³/mol. The molecule has 1 rings (SSSR count). The largest absolute Gasteiger partial charge is 0.591 e. The van der Waals surface area contributed by atoms with Crippen molar-refractivity contribution in [1.29, 1.82) is 0 Å². The highest BCUT2D eigenvalue weighted by atomic mass is 35.5. The van der Waals surface area contributed by atoms with Crippen molar-refractivity contribution in [3.05, 3.63) is 28.0 Å². The number of hydrogen-bond donors (Lipinski definition) is 0. The van der Waals surface area contributed by atoms with Crippen molar-refractivity contribution in [2.24, 2.45) is 4.40 Å². The molecule has 0 aliphatic carbocycles. The second-order valence-electron chi connectivity index (χ2n) is 4.10. The lowest BCUT2D eigenvalue weighted by molar-refractivity contribution is 0.562. The SMILES string of the molecule is CC(C)(C)[S+]([O-])N=Cc1nc(Cl)ccc1Cl. The average Bonchev–Trinajstić information content (AvgIpc) is 2.17. The summed E-state index contributed by atoms with van der Waals surface area (Å²) < 4.78 is 15.2. The normalized spacial score (nSPS) is 14.4. The Kier molecular flexibility index (Phi) is 4.62. The molecule has 0 aromatic carbocycles. The highest BCUT2D eigenvalue weighted by molar-refractivity contribution is 7.91. The van der Waals surface area contributed by atoms with Gasteiger partial charge in [0, 0.05) is 0 Å². The molecular weight excluding hydrogens is 267 g/mol. The van der Waals surface area contributed by atoms with Crippen LogP contribution >= 0.6 is 23.2 Å². The third kappa shape index (κ3) is 3.94. The van der Waals surface area contributed by atoms with E-state index in [-0.39, 0.29) is 0 Å². The number of pyridine rings is 1. The van der Waals surface area contributed by atoms with E-state index in [1.807, 2.05) is 20.8 Å². The van der Waals surface area contributed by atoms with E-state index in [0.717, 1.165) is 0 Å². The summed E-state index contributed by atoms with van der Waals surface area (Å²) in [4.78, 5) is 3.98. The second-order valence-corrected chi connectivity index (χ2v) is 6.83. The Morgan fingerprint density at radius 1 is 1.38 bits per heavy atom. The fraction of sp³-hybridized carbons (Fsp3) is 0.400. The van der Waals surface area contributed by atoms with Crippen LogP contribution in [0.4, 0.5) is 0 Å². The fourth-order valence-electron chi connectivity index (χ4n) is 0.779.